The van der Waals surface area contributed by atoms with Gasteiger partial charge in [0, 0.05) is 28.9 Å². The summed E-state index contributed by atoms with van der Waals surface area (Å²) in [7, 11) is 0. The molecule has 5 rings (SSSR count). The second-order valence-corrected chi connectivity index (χ2v) is 8.04. The Kier molecular flexibility index (Phi) is 5.79. The molecule has 0 saturated carbocycles. The van der Waals surface area contributed by atoms with Crippen LogP contribution in [0.25, 0.3) is 16.6 Å². The van der Waals surface area contributed by atoms with Crippen LogP contribution in [-0.2, 0) is 6.54 Å². The van der Waals surface area contributed by atoms with Crippen LogP contribution in [-0.4, -0.2) is 25.8 Å². The second-order valence-electron chi connectivity index (χ2n) is 8.04. The Labute approximate surface area is 195 Å². The Hall–Kier alpha value is -4.44. The average Bonchev–Trinajstić information content (AvgIpc) is 3.26. The molecule has 0 saturated heterocycles. The van der Waals surface area contributed by atoms with Gasteiger partial charge >= 0.3 is 6.03 Å². The zero-order chi connectivity index (χ0) is 23.5. The SMILES string of the molecule is C=C1CC(c2ccccc2)NC(=O)Nc2cc3cnn(-c4ccnc(C)c4)c3c(n2)C[NH2+]N=N1. The molecule has 2 amide bonds. The molecule has 1 aliphatic rings. The van der Waals surface area contributed by atoms with E-state index in [0.717, 1.165) is 27.8 Å². The number of fused-ring (bicyclic) bond motifs is 4. The maximum absolute atomic E-state index is 12.9. The van der Waals surface area contributed by atoms with Gasteiger partial charge in [0.15, 0.2) is 0 Å². The van der Waals surface area contributed by atoms with E-state index in [4.69, 9.17) is 4.98 Å². The molecule has 4 N–H and O–H groups in total. The number of anilines is 1. The van der Waals surface area contributed by atoms with Gasteiger partial charge in [-0.05, 0) is 30.7 Å². The first-order valence-corrected chi connectivity index (χ1v) is 10.9. The lowest BCUT2D eigenvalue weighted by molar-refractivity contribution is -0.684. The number of nitrogens with zero attached hydrogens (tertiary/aromatic N) is 6. The molecule has 1 aromatic carbocycles. The monoisotopic (exact) mass is 454 g/mol. The predicted molar refractivity (Wildman–Crippen MR) is 127 cm³/mol. The van der Waals surface area contributed by atoms with E-state index in [1.165, 1.54) is 0 Å². The largest absolute Gasteiger partial charge is 0.331 e. The summed E-state index contributed by atoms with van der Waals surface area (Å²) in [6.45, 7) is 6.34. The zero-order valence-corrected chi connectivity index (χ0v) is 18.6. The third-order valence-corrected chi connectivity index (χ3v) is 5.50. The highest BCUT2D eigenvalue weighted by Crippen LogP contribution is 2.25. The molecule has 10 nitrogen and oxygen atoms in total. The highest BCUT2D eigenvalue weighted by molar-refractivity contribution is 5.92. The molecule has 170 valence electrons. The van der Waals surface area contributed by atoms with E-state index < -0.39 is 0 Å². The third kappa shape index (κ3) is 4.52. The van der Waals surface area contributed by atoms with Crippen LogP contribution in [0.1, 0.15) is 29.4 Å². The number of nitrogens with two attached hydrogens (primary N) is 1. The Balaban J connectivity index is 1.54. The summed E-state index contributed by atoms with van der Waals surface area (Å²) in [4.78, 5) is 21.9. The number of urea groups is 1. The van der Waals surface area contributed by atoms with E-state index in [1.807, 2.05) is 60.1 Å². The Bertz CT molecular complexity index is 1390. The first-order chi connectivity index (χ1) is 16.6. The fourth-order valence-electron chi connectivity index (χ4n) is 3.97. The molecule has 10 heteroatoms. The van der Waals surface area contributed by atoms with Gasteiger partial charge in [0.05, 0.1) is 23.6 Å². The fraction of sp³-hybridized carbons (Fsp3) is 0.167. The van der Waals surface area contributed by atoms with Gasteiger partial charge in [-0.3, -0.25) is 10.3 Å². The number of hydrogen-bond donors (Lipinski definition) is 3. The minimum absolute atomic E-state index is 0.311. The number of quaternary nitrogens is 1. The third-order valence-electron chi connectivity index (χ3n) is 5.50. The number of rotatable bonds is 2. The molecule has 3 aromatic heterocycles. The summed E-state index contributed by atoms with van der Waals surface area (Å²) in [5.41, 5.74) is 6.51. The highest BCUT2D eigenvalue weighted by atomic mass is 16.2. The van der Waals surface area contributed by atoms with Crippen molar-refractivity contribution in [2.24, 2.45) is 10.3 Å². The van der Waals surface area contributed by atoms with Crippen LogP contribution in [0.15, 0.2) is 83.5 Å². The van der Waals surface area contributed by atoms with Crippen molar-refractivity contribution >= 4 is 22.8 Å². The van der Waals surface area contributed by atoms with E-state index in [1.54, 1.807) is 17.8 Å². The minimum Gasteiger partial charge on any atom is -0.331 e. The summed E-state index contributed by atoms with van der Waals surface area (Å²) in [5, 5.41) is 19.7. The number of aryl methyl sites for hydroxylation is 1. The van der Waals surface area contributed by atoms with E-state index in [9.17, 15) is 4.79 Å². The van der Waals surface area contributed by atoms with Crippen molar-refractivity contribution in [3.63, 3.8) is 0 Å². The van der Waals surface area contributed by atoms with Crippen LogP contribution in [0, 0.1) is 6.92 Å². The first kappa shape index (κ1) is 21.4. The van der Waals surface area contributed by atoms with Crippen LogP contribution in [0.3, 0.4) is 0 Å². The van der Waals surface area contributed by atoms with Crippen molar-refractivity contribution in [3.05, 3.63) is 90.2 Å². The molecule has 2 bridgehead atoms. The van der Waals surface area contributed by atoms with Crippen molar-refractivity contribution in [3.8, 4) is 5.69 Å². The second kappa shape index (κ2) is 9.20. The Morgan fingerprint density at radius 1 is 1.18 bits per heavy atom. The highest BCUT2D eigenvalue weighted by Gasteiger charge is 2.20. The molecule has 0 aliphatic carbocycles. The van der Waals surface area contributed by atoms with Crippen LogP contribution in [0.5, 0.6) is 0 Å². The standard InChI is InChI=1S/C24H23N9O/c1-15-10-19(8-9-25-15)33-23-18(13-27-33)12-22-28-21(23)14-26-32-31-16(2)11-20(29-24(34)30-22)17-6-4-3-5-7-17/h3-10,12-13,20H,2,11,14H2,1H3,(H,26,31)(H2,28,29,30,34)/p+1. The van der Waals surface area contributed by atoms with E-state index in [-0.39, 0.29) is 12.1 Å². The molecule has 1 atom stereocenters. The van der Waals surface area contributed by atoms with Crippen molar-refractivity contribution in [2.45, 2.75) is 25.9 Å². The maximum atomic E-state index is 12.9. The van der Waals surface area contributed by atoms with Gasteiger partial charge in [-0.15, -0.1) is 5.11 Å². The predicted octanol–water partition coefficient (Wildman–Crippen LogP) is 3.33. The summed E-state index contributed by atoms with van der Waals surface area (Å²) in [6, 6.07) is 14.7. The molecule has 0 radical (unpaired) electrons. The number of amides is 2. The van der Waals surface area contributed by atoms with Crippen LogP contribution < -0.4 is 16.1 Å². The van der Waals surface area contributed by atoms with Gasteiger partial charge in [-0.1, -0.05) is 36.9 Å². The molecule has 34 heavy (non-hydrogen) atoms. The molecule has 0 fully saturated rings. The van der Waals surface area contributed by atoms with Crippen molar-refractivity contribution < 1.29 is 10.2 Å². The van der Waals surface area contributed by atoms with Crippen molar-refractivity contribution in [1.29, 1.82) is 0 Å². The average molecular weight is 455 g/mol. The Morgan fingerprint density at radius 2 is 2.03 bits per heavy atom. The molecular formula is C24H24N9O+. The number of nitrogens with one attached hydrogen (secondary N) is 2. The summed E-state index contributed by atoms with van der Waals surface area (Å²) in [6.07, 6.45) is 3.93. The van der Waals surface area contributed by atoms with E-state index >= 15 is 0 Å². The topological polar surface area (TPSA) is 126 Å². The number of hydrogen-bond acceptors (Lipinski definition) is 6. The zero-order valence-electron chi connectivity index (χ0n) is 18.6. The van der Waals surface area contributed by atoms with Gasteiger partial charge in [0.1, 0.15) is 23.6 Å². The summed E-state index contributed by atoms with van der Waals surface area (Å²) >= 11 is 0. The number of benzene rings is 1. The normalized spacial score (nSPS) is 16.8. The van der Waals surface area contributed by atoms with Crippen LogP contribution in [0.4, 0.5) is 10.6 Å². The number of aromatic nitrogens is 4. The van der Waals surface area contributed by atoms with Crippen LogP contribution in [0.2, 0.25) is 0 Å². The molecule has 0 spiro atoms. The first-order valence-electron chi connectivity index (χ1n) is 10.9. The lowest BCUT2D eigenvalue weighted by Gasteiger charge is -2.19. The van der Waals surface area contributed by atoms with Crippen molar-refractivity contribution in [1.82, 2.24) is 25.1 Å². The molecule has 1 aliphatic heterocycles. The molecule has 4 heterocycles. The lowest BCUT2D eigenvalue weighted by atomic mass is 10.0. The fourth-order valence-corrected chi connectivity index (χ4v) is 3.97. The minimum atomic E-state index is -0.364. The van der Waals surface area contributed by atoms with Crippen molar-refractivity contribution in [2.75, 3.05) is 5.32 Å². The maximum Gasteiger partial charge on any atom is 0.320 e. The molecule has 4 aromatic rings. The Morgan fingerprint density at radius 3 is 2.85 bits per heavy atom. The quantitative estimate of drug-likeness (QED) is 0.402. The summed E-state index contributed by atoms with van der Waals surface area (Å²) < 4.78 is 1.82. The van der Waals surface area contributed by atoms with Gasteiger partial charge in [0.25, 0.3) is 0 Å². The van der Waals surface area contributed by atoms with E-state index in [2.05, 4.69) is 37.6 Å². The lowest BCUT2D eigenvalue weighted by Crippen LogP contribution is -2.76. The number of pyridine rings is 2. The van der Waals surface area contributed by atoms with Gasteiger partial charge in [0.2, 0.25) is 0 Å². The van der Waals surface area contributed by atoms with Gasteiger partial charge in [-0.2, -0.15) is 10.5 Å². The molecule has 1 unspecified atom stereocenters. The number of carbonyl (C=O) groups is 1. The summed E-state index contributed by atoms with van der Waals surface area (Å²) in [5.74, 6) is 0.431. The number of carbonyl (C=O) groups excluding carboxylic acids is 1. The van der Waals surface area contributed by atoms with Gasteiger partial charge < -0.3 is 5.32 Å². The van der Waals surface area contributed by atoms with E-state index in [0.29, 0.717) is 30.2 Å². The smallest absolute Gasteiger partial charge is 0.320 e. The van der Waals surface area contributed by atoms with Crippen LogP contribution >= 0.6 is 0 Å². The van der Waals surface area contributed by atoms with Gasteiger partial charge in [-0.25, -0.2) is 14.5 Å². The molecular weight excluding hydrogens is 430 g/mol.